The van der Waals surface area contributed by atoms with Gasteiger partial charge in [0.15, 0.2) is 0 Å². The van der Waals surface area contributed by atoms with E-state index in [1.54, 1.807) is 5.57 Å². The summed E-state index contributed by atoms with van der Waals surface area (Å²) in [4.78, 5) is 4.80. The molecule has 0 bridgehead atoms. The van der Waals surface area contributed by atoms with Crippen LogP contribution in [-0.2, 0) is 32.9 Å². The minimum atomic E-state index is -0.123. The molecule has 3 aromatic heterocycles. The Hall–Kier alpha value is -3.95. The molecule has 6 aromatic rings. The third-order valence-electron chi connectivity index (χ3n) is 11.9. The van der Waals surface area contributed by atoms with E-state index in [0.29, 0.717) is 47.0 Å². The Bertz CT molecular complexity index is 2350. The van der Waals surface area contributed by atoms with Gasteiger partial charge in [-0.15, -0.1) is 41.3 Å². The van der Waals surface area contributed by atoms with Gasteiger partial charge in [0.05, 0.1) is 5.69 Å². The van der Waals surface area contributed by atoms with Gasteiger partial charge in [0, 0.05) is 40.4 Å². The summed E-state index contributed by atoms with van der Waals surface area (Å²) in [5, 5.41) is 7.55. The van der Waals surface area contributed by atoms with Gasteiger partial charge in [0.2, 0.25) is 0 Å². The number of fused-ring (bicyclic) bond motifs is 3. The Labute approximate surface area is 343 Å². The number of para-hydroxylation sites is 1. The van der Waals surface area contributed by atoms with Crippen molar-refractivity contribution >= 4 is 21.8 Å². The summed E-state index contributed by atoms with van der Waals surface area (Å²) in [5.41, 5.74) is 10.4. The van der Waals surface area contributed by atoms with E-state index < -0.39 is 0 Å². The molecule has 0 radical (unpaired) electrons. The Kier molecular flexibility index (Phi) is 11.8. The molecule has 0 fully saturated rings. The van der Waals surface area contributed by atoms with Crippen LogP contribution in [0.5, 0.6) is 11.5 Å². The Balaban J connectivity index is 0.00000514. The van der Waals surface area contributed by atoms with E-state index >= 15 is 0 Å². The molecule has 6 heteroatoms. The molecule has 1 aliphatic carbocycles. The molecule has 0 N–H and O–H groups in total. The molecule has 3 heterocycles. The van der Waals surface area contributed by atoms with E-state index in [4.69, 9.17) is 14.8 Å². The largest absolute Gasteiger partial charge is 2.00 e. The van der Waals surface area contributed by atoms with Gasteiger partial charge >= 0.3 is 21.1 Å². The van der Waals surface area contributed by atoms with Gasteiger partial charge in [-0.1, -0.05) is 105 Å². The van der Waals surface area contributed by atoms with Crippen molar-refractivity contribution in [2.24, 2.45) is 29.6 Å². The third-order valence-corrected chi connectivity index (χ3v) is 11.9. The monoisotopic (exact) mass is 913 g/mol. The van der Waals surface area contributed by atoms with Crippen LogP contribution in [0.4, 0.5) is 0 Å². The van der Waals surface area contributed by atoms with Gasteiger partial charge < -0.3 is 9.30 Å². The van der Waals surface area contributed by atoms with Gasteiger partial charge in [-0.05, 0) is 96.5 Å². The summed E-state index contributed by atoms with van der Waals surface area (Å²) < 4.78 is 11.1. The van der Waals surface area contributed by atoms with E-state index in [1.807, 2.05) is 12.3 Å². The third kappa shape index (κ3) is 7.76. The summed E-state index contributed by atoms with van der Waals surface area (Å²) in [6.45, 7) is 27.7. The van der Waals surface area contributed by atoms with Crippen LogP contribution in [0, 0.1) is 55.6 Å². The average Bonchev–Trinajstić information content (AvgIpc) is 3.62. The molecule has 0 saturated heterocycles. The van der Waals surface area contributed by atoms with Gasteiger partial charge in [0.25, 0.3) is 0 Å². The van der Waals surface area contributed by atoms with Crippen molar-refractivity contribution in [1.29, 1.82) is 0 Å². The number of ether oxygens (including phenoxy) is 1. The van der Waals surface area contributed by atoms with Crippen molar-refractivity contribution in [3.63, 3.8) is 0 Å². The van der Waals surface area contributed by atoms with Crippen LogP contribution in [0.1, 0.15) is 110 Å². The fraction of sp³-hybridized carbons (Fsp3) is 0.429. The fourth-order valence-corrected chi connectivity index (χ4v) is 8.73. The predicted molar refractivity (Wildman–Crippen MR) is 224 cm³/mol. The minimum Gasteiger partial charge on any atom is -0.509 e. The number of hydrogen-bond acceptors (Lipinski definition) is 3. The number of hydrogen-bond donors (Lipinski definition) is 0. The van der Waals surface area contributed by atoms with Crippen LogP contribution in [0.3, 0.4) is 0 Å². The molecule has 0 saturated carbocycles. The van der Waals surface area contributed by atoms with Crippen molar-refractivity contribution in [2.45, 2.75) is 107 Å². The van der Waals surface area contributed by atoms with Gasteiger partial charge in [-0.25, -0.2) is 4.98 Å². The first-order valence-electron chi connectivity index (χ1n) is 20.1. The zero-order chi connectivity index (χ0) is 38.6. The van der Waals surface area contributed by atoms with Crippen LogP contribution >= 0.6 is 0 Å². The van der Waals surface area contributed by atoms with Crippen molar-refractivity contribution in [1.82, 2.24) is 19.3 Å². The standard InChI is InChI=1S/C49H58N4O.Pt/c1-13-34-20-21-50-46(22-34)52-44-17-15-14-16-40(44)41-19-18-38(28-45(41)52)54-39-26-36(49(10,11)12)25-37(27-39)53-33(9)47(32(8)51-53)48-42(30(4)5)23-35(29(2)3)24-43(48)31(6)7;/h14-23,25-26,29-31,35,43,48H,13,24H2,1-12H3;/q-2;+2/t35-,43+,48?;/m0./s1. The number of rotatable bonds is 9. The molecule has 3 aromatic carbocycles. The topological polar surface area (TPSA) is 44.9 Å². The molecule has 290 valence electrons. The summed E-state index contributed by atoms with van der Waals surface area (Å²) in [7, 11) is 0. The maximum Gasteiger partial charge on any atom is 2.00 e. The number of pyridine rings is 1. The number of aryl methyl sites for hydroxylation is 2. The van der Waals surface area contributed by atoms with Gasteiger partial charge in [-0.3, -0.25) is 4.68 Å². The first-order valence-corrected chi connectivity index (χ1v) is 20.1. The molecule has 0 amide bonds. The predicted octanol–water partition coefficient (Wildman–Crippen LogP) is 12.8. The zero-order valence-electron chi connectivity index (χ0n) is 34.8. The SMILES string of the molecule is CCc1ccnc(-n2c3[c-]c(Oc4[c-]c(-n5nc(C)c(C6C(C(C)C)=C[C@H](C(C)C)C[C@@H]6C(C)C)c5C)cc(C(C)(C)C)c4)ccc3c3ccccc32)c1.[Pt+2]. The Morgan fingerprint density at radius 3 is 2.29 bits per heavy atom. The number of nitrogens with zero attached hydrogens (tertiary/aromatic N) is 4. The number of allylic oxidation sites excluding steroid dienone is 2. The number of aromatic nitrogens is 4. The van der Waals surface area contributed by atoms with E-state index in [1.165, 1.54) is 23.2 Å². The second-order valence-corrected chi connectivity index (χ2v) is 17.6. The fourth-order valence-electron chi connectivity index (χ4n) is 8.73. The molecular formula is C49H58N4OPt. The van der Waals surface area contributed by atoms with E-state index in [9.17, 15) is 0 Å². The molecular weight excluding hydrogens is 856 g/mol. The number of benzene rings is 3. The molecule has 55 heavy (non-hydrogen) atoms. The maximum absolute atomic E-state index is 6.75. The van der Waals surface area contributed by atoms with Gasteiger partial charge in [0.1, 0.15) is 5.82 Å². The van der Waals surface area contributed by atoms with Crippen molar-refractivity contribution in [3.8, 4) is 23.0 Å². The second kappa shape index (κ2) is 15.9. The van der Waals surface area contributed by atoms with Gasteiger partial charge in [-0.2, -0.15) is 11.2 Å². The van der Waals surface area contributed by atoms with Crippen LogP contribution in [0.2, 0.25) is 0 Å². The smallest absolute Gasteiger partial charge is 0.509 e. The molecule has 1 unspecified atom stereocenters. The minimum absolute atomic E-state index is 0. The van der Waals surface area contributed by atoms with Crippen LogP contribution in [0.15, 0.2) is 78.5 Å². The Morgan fingerprint density at radius 1 is 0.873 bits per heavy atom. The second-order valence-electron chi connectivity index (χ2n) is 17.6. The van der Waals surface area contributed by atoms with Crippen LogP contribution in [-0.4, -0.2) is 19.3 Å². The molecule has 3 atom stereocenters. The molecule has 0 aliphatic heterocycles. The quantitative estimate of drug-likeness (QED) is 0.107. The van der Waals surface area contributed by atoms with E-state index in [0.717, 1.165) is 51.0 Å². The van der Waals surface area contributed by atoms with Crippen molar-refractivity contribution in [2.75, 3.05) is 0 Å². The molecule has 7 rings (SSSR count). The summed E-state index contributed by atoms with van der Waals surface area (Å²) >= 11 is 0. The first-order chi connectivity index (χ1) is 25.7. The Morgan fingerprint density at radius 2 is 1.62 bits per heavy atom. The molecule has 0 spiro atoms. The van der Waals surface area contributed by atoms with Crippen molar-refractivity contribution < 1.29 is 25.8 Å². The normalized spacial score (nSPS) is 17.7. The summed E-state index contributed by atoms with van der Waals surface area (Å²) in [5.74, 6) is 5.33. The zero-order valence-corrected chi connectivity index (χ0v) is 37.1. The molecule has 5 nitrogen and oxygen atoms in total. The summed E-state index contributed by atoms with van der Waals surface area (Å²) in [6.07, 6.45) is 6.67. The van der Waals surface area contributed by atoms with E-state index in [2.05, 4.69) is 165 Å². The van der Waals surface area contributed by atoms with Crippen LogP contribution < -0.4 is 4.74 Å². The van der Waals surface area contributed by atoms with E-state index in [-0.39, 0.29) is 26.5 Å². The van der Waals surface area contributed by atoms with Crippen molar-refractivity contribution in [3.05, 3.63) is 119 Å². The molecule has 1 aliphatic rings. The summed E-state index contributed by atoms with van der Waals surface area (Å²) in [6, 6.07) is 28.6. The van der Waals surface area contributed by atoms with Crippen LogP contribution in [0.25, 0.3) is 33.3 Å². The maximum atomic E-state index is 6.75. The average molecular weight is 914 g/mol. The first kappa shape index (κ1) is 40.7.